The van der Waals surface area contributed by atoms with Gasteiger partial charge in [0.25, 0.3) is 0 Å². The molecule has 1 aliphatic heterocycles. The second-order valence-corrected chi connectivity index (χ2v) is 7.25. The fraction of sp³-hybridized carbons (Fsp3) is 0.941. The van der Waals surface area contributed by atoms with E-state index in [1.807, 2.05) is 7.05 Å². The zero-order valence-corrected chi connectivity index (χ0v) is 15.1. The molecule has 1 saturated heterocycles. The molecule has 1 saturated carbocycles. The third kappa shape index (κ3) is 5.13. The summed E-state index contributed by atoms with van der Waals surface area (Å²) < 4.78 is 0. The molecule has 1 atom stereocenters. The number of piperidine rings is 1. The van der Waals surface area contributed by atoms with Gasteiger partial charge in [-0.2, -0.15) is 0 Å². The lowest BCUT2D eigenvalue weighted by atomic mass is 10.0. The van der Waals surface area contributed by atoms with Crippen molar-refractivity contribution in [2.45, 2.75) is 70.6 Å². The van der Waals surface area contributed by atoms with Crippen LogP contribution in [0.15, 0.2) is 4.99 Å². The summed E-state index contributed by atoms with van der Waals surface area (Å²) in [6.07, 6.45) is 5.14. The zero-order chi connectivity index (χ0) is 16.1. The van der Waals surface area contributed by atoms with Crippen LogP contribution in [0.5, 0.6) is 0 Å². The first-order valence-corrected chi connectivity index (χ1v) is 8.94. The lowest BCUT2D eigenvalue weighted by molar-refractivity contribution is 0.167. The minimum absolute atomic E-state index is 0.550. The Bertz CT molecular complexity index is 356. The Labute approximate surface area is 136 Å². The Morgan fingerprint density at radius 3 is 2.32 bits per heavy atom. The van der Waals surface area contributed by atoms with Crippen molar-refractivity contribution in [3.63, 3.8) is 0 Å². The van der Waals surface area contributed by atoms with Crippen LogP contribution in [0.2, 0.25) is 0 Å². The van der Waals surface area contributed by atoms with E-state index in [0.717, 1.165) is 18.5 Å². The number of nitrogens with one attached hydrogen (secondary N) is 2. The maximum Gasteiger partial charge on any atom is 0.191 e. The van der Waals surface area contributed by atoms with Crippen LogP contribution in [0.3, 0.4) is 0 Å². The molecular weight excluding hydrogens is 274 g/mol. The van der Waals surface area contributed by atoms with E-state index in [2.05, 4.69) is 53.2 Å². The summed E-state index contributed by atoms with van der Waals surface area (Å²) in [4.78, 5) is 9.43. The predicted octanol–water partition coefficient (Wildman–Crippen LogP) is 1.51. The largest absolute Gasteiger partial charge is 0.355 e. The van der Waals surface area contributed by atoms with Crippen molar-refractivity contribution in [1.82, 2.24) is 20.4 Å². The molecule has 0 aromatic rings. The standard InChI is InChI=1S/C17H35N5/c1-13(2)22-10-8-15(9-11-22)20-17(18-4)19-12-14(3)21(5)16-6-7-16/h13-16H,6-12H2,1-5H3,(H2,18,19,20). The summed E-state index contributed by atoms with van der Waals surface area (Å²) in [6.45, 7) is 10.2. The molecule has 0 radical (unpaired) electrons. The predicted molar refractivity (Wildman–Crippen MR) is 94.5 cm³/mol. The van der Waals surface area contributed by atoms with Gasteiger partial charge in [0.2, 0.25) is 0 Å². The molecular formula is C17H35N5. The fourth-order valence-corrected chi connectivity index (χ4v) is 3.18. The molecule has 2 rings (SSSR count). The molecule has 0 aromatic carbocycles. The highest BCUT2D eigenvalue weighted by Gasteiger charge is 2.29. The molecule has 5 heteroatoms. The summed E-state index contributed by atoms with van der Waals surface area (Å²) in [6, 6.07) is 2.58. The van der Waals surface area contributed by atoms with Crippen LogP contribution in [0.4, 0.5) is 0 Å². The molecule has 128 valence electrons. The molecule has 2 fully saturated rings. The third-order valence-corrected chi connectivity index (χ3v) is 5.21. The van der Waals surface area contributed by atoms with Gasteiger partial charge in [-0.1, -0.05) is 0 Å². The number of aliphatic imine (C=N–C) groups is 1. The number of hydrogen-bond donors (Lipinski definition) is 2. The maximum atomic E-state index is 4.39. The van der Waals surface area contributed by atoms with Crippen LogP contribution in [0, 0.1) is 0 Å². The molecule has 2 aliphatic rings. The average Bonchev–Trinajstić information content (AvgIpc) is 3.35. The Kier molecular flexibility index (Phi) is 6.50. The first-order chi connectivity index (χ1) is 10.5. The van der Waals surface area contributed by atoms with Crippen LogP contribution in [0.1, 0.15) is 46.5 Å². The summed E-state index contributed by atoms with van der Waals surface area (Å²) >= 11 is 0. The number of likely N-dealkylation sites (N-methyl/N-ethyl adjacent to an activating group) is 1. The van der Waals surface area contributed by atoms with E-state index >= 15 is 0 Å². The monoisotopic (exact) mass is 309 g/mol. The number of nitrogens with zero attached hydrogens (tertiary/aromatic N) is 3. The smallest absolute Gasteiger partial charge is 0.191 e. The van der Waals surface area contributed by atoms with E-state index in [1.54, 1.807) is 0 Å². The van der Waals surface area contributed by atoms with Gasteiger partial charge in [0.05, 0.1) is 0 Å². The molecule has 1 unspecified atom stereocenters. The molecule has 0 spiro atoms. The van der Waals surface area contributed by atoms with Gasteiger partial charge >= 0.3 is 0 Å². The SMILES string of the molecule is CN=C(NCC(C)N(C)C1CC1)NC1CCN(C(C)C)CC1. The van der Waals surface area contributed by atoms with Crippen molar-refractivity contribution in [3.8, 4) is 0 Å². The molecule has 0 amide bonds. The van der Waals surface area contributed by atoms with Crippen LogP contribution in [-0.4, -0.2) is 73.7 Å². The van der Waals surface area contributed by atoms with E-state index in [0.29, 0.717) is 18.1 Å². The van der Waals surface area contributed by atoms with Gasteiger partial charge in [0.1, 0.15) is 0 Å². The molecule has 0 aromatic heterocycles. The fourth-order valence-electron chi connectivity index (χ4n) is 3.18. The van der Waals surface area contributed by atoms with Crippen LogP contribution in [0.25, 0.3) is 0 Å². The minimum atomic E-state index is 0.550. The average molecular weight is 310 g/mol. The van der Waals surface area contributed by atoms with Gasteiger partial charge in [-0.25, -0.2) is 0 Å². The third-order valence-electron chi connectivity index (χ3n) is 5.21. The van der Waals surface area contributed by atoms with E-state index in [1.165, 1.54) is 38.8 Å². The van der Waals surface area contributed by atoms with Gasteiger partial charge in [-0.15, -0.1) is 0 Å². The Hall–Kier alpha value is -0.810. The van der Waals surface area contributed by atoms with Crippen LogP contribution >= 0.6 is 0 Å². The second-order valence-electron chi connectivity index (χ2n) is 7.25. The van der Waals surface area contributed by atoms with E-state index in [-0.39, 0.29) is 0 Å². The van der Waals surface area contributed by atoms with Gasteiger partial charge in [0.15, 0.2) is 5.96 Å². The summed E-state index contributed by atoms with van der Waals surface area (Å²) in [5.74, 6) is 0.957. The van der Waals surface area contributed by atoms with Gasteiger partial charge in [-0.05, 0) is 53.5 Å². The highest BCUT2D eigenvalue weighted by atomic mass is 15.2. The molecule has 1 heterocycles. The van der Waals surface area contributed by atoms with E-state index in [9.17, 15) is 0 Å². The van der Waals surface area contributed by atoms with E-state index in [4.69, 9.17) is 0 Å². The summed E-state index contributed by atoms with van der Waals surface area (Å²) in [5.41, 5.74) is 0. The van der Waals surface area contributed by atoms with Crippen LogP contribution in [-0.2, 0) is 0 Å². The normalized spacial score (nSPS) is 23.1. The maximum absolute atomic E-state index is 4.39. The lowest BCUT2D eigenvalue weighted by Gasteiger charge is -2.35. The molecule has 22 heavy (non-hydrogen) atoms. The summed E-state index contributed by atoms with van der Waals surface area (Å²) in [7, 11) is 4.11. The summed E-state index contributed by atoms with van der Waals surface area (Å²) in [5, 5.41) is 7.10. The lowest BCUT2D eigenvalue weighted by Crippen LogP contribution is -2.51. The van der Waals surface area contributed by atoms with Crippen molar-refractivity contribution < 1.29 is 0 Å². The van der Waals surface area contributed by atoms with Crippen LogP contribution < -0.4 is 10.6 Å². The van der Waals surface area contributed by atoms with Gasteiger partial charge < -0.3 is 15.5 Å². The second kappa shape index (κ2) is 8.16. The van der Waals surface area contributed by atoms with E-state index < -0.39 is 0 Å². The topological polar surface area (TPSA) is 42.9 Å². The highest BCUT2D eigenvalue weighted by molar-refractivity contribution is 5.80. The number of hydrogen-bond acceptors (Lipinski definition) is 3. The Balaban J connectivity index is 1.69. The first-order valence-electron chi connectivity index (χ1n) is 8.94. The number of likely N-dealkylation sites (tertiary alicyclic amines) is 1. The minimum Gasteiger partial charge on any atom is -0.355 e. The quantitative estimate of drug-likeness (QED) is 0.576. The van der Waals surface area contributed by atoms with Crippen molar-refractivity contribution in [3.05, 3.63) is 0 Å². The van der Waals surface area contributed by atoms with Gasteiger partial charge in [-0.3, -0.25) is 9.89 Å². The molecule has 2 N–H and O–H groups in total. The number of rotatable bonds is 6. The first kappa shape index (κ1) is 17.5. The van der Waals surface area contributed by atoms with Crippen molar-refractivity contribution >= 4 is 5.96 Å². The Morgan fingerprint density at radius 2 is 1.82 bits per heavy atom. The van der Waals surface area contributed by atoms with Crippen molar-refractivity contribution in [1.29, 1.82) is 0 Å². The molecule has 1 aliphatic carbocycles. The zero-order valence-electron chi connectivity index (χ0n) is 15.1. The Morgan fingerprint density at radius 1 is 1.18 bits per heavy atom. The van der Waals surface area contributed by atoms with Crippen molar-refractivity contribution in [2.24, 2.45) is 4.99 Å². The highest BCUT2D eigenvalue weighted by Crippen LogP contribution is 2.26. The molecule has 5 nitrogen and oxygen atoms in total. The number of guanidine groups is 1. The van der Waals surface area contributed by atoms with Crippen molar-refractivity contribution in [2.75, 3.05) is 33.7 Å². The molecule has 0 bridgehead atoms. The van der Waals surface area contributed by atoms with Gasteiger partial charge in [0, 0.05) is 50.8 Å².